The average Bonchev–Trinajstić information content (AvgIpc) is 3.46. The smallest absolute Gasteiger partial charge is 0.191 e. The number of guanidine groups is 1. The first-order chi connectivity index (χ1) is 15.2. The van der Waals surface area contributed by atoms with Crippen molar-refractivity contribution < 1.29 is 0 Å². The lowest BCUT2D eigenvalue weighted by molar-refractivity contribution is 0.685. The number of nitrogens with one attached hydrogen (secondary N) is 2. The predicted octanol–water partition coefficient (Wildman–Crippen LogP) is 4.85. The second-order valence-corrected chi connectivity index (χ2v) is 8.61. The van der Waals surface area contributed by atoms with Gasteiger partial charge in [-0.05, 0) is 41.3 Å². The molecule has 166 valence electrons. The van der Waals surface area contributed by atoms with Crippen LogP contribution in [0.2, 0.25) is 0 Å². The fourth-order valence-corrected chi connectivity index (χ4v) is 4.23. The van der Waals surface area contributed by atoms with E-state index in [1.54, 1.807) is 31.0 Å². The topological polar surface area (TPSA) is 67.1 Å². The Labute approximate surface area is 209 Å². The summed E-state index contributed by atoms with van der Waals surface area (Å²) in [6.45, 7) is 4.31. The molecule has 0 bridgehead atoms. The van der Waals surface area contributed by atoms with Crippen LogP contribution in [0.1, 0.15) is 20.9 Å². The van der Waals surface area contributed by atoms with E-state index < -0.39 is 0 Å². The largest absolute Gasteiger partial charge is 0.352 e. The number of nitrogens with zero attached hydrogens (tertiary/aromatic N) is 4. The Bertz CT molecular complexity index is 1140. The maximum Gasteiger partial charge on any atom is 0.191 e. The van der Waals surface area contributed by atoms with E-state index >= 15 is 0 Å². The molecule has 2 N–H and O–H groups in total. The Balaban J connectivity index is 0.00000289. The molecular weight excluding hydrogens is 531 g/mol. The molecule has 2 aromatic heterocycles. The third-order valence-corrected chi connectivity index (χ3v) is 5.99. The molecule has 0 aliphatic rings. The summed E-state index contributed by atoms with van der Waals surface area (Å²) < 4.78 is 1.82. The minimum atomic E-state index is 0. The Morgan fingerprint density at radius 2 is 1.78 bits per heavy atom. The van der Waals surface area contributed by atoms with Crippen molar-refractivity contribution in [1.29, 1.82) is 0 Å². The maximum atomic E-state index is 4.36. The van der Waals surface area contributed by atoms with Crippen molar-refractivity contribution in [2.75, 3.05) is 7.05 Å². The van der Waals surface area contributed by atoms with E-state index in [4.69, 9.17) is 0 Å². The van der Waals surface area contributed by atoms with Gasteiger partial charge in [0.2, 0.25) is 0 Å². The van der Waals surface area contributed by atoms with Crippen LogP contribution >= 0.6 is 35.3 Å². The van der Waals surface area contributed by atoms with Crippen LogP contribution in [0, 0.1) is 6.92 Å². The van der Waals surface area contributed by atoms with Gasteiger partial charge < -0.3 is 10.6 Å². The molecule has 4 rings (SSSR count). The molecule has 0 spiro atoms. The Kier molecular flexibility index (Phi) is 8.81. The normalized spacial score (nSPS) is 11.1. The molecule has 0 aliphatic heterocycles. The highest BCUT2D eigenvalue weighted by atomic mass is 127. The molecular formula is C24H27IN6S. The van der Waals surface area contributed by atoms with Gasteiger partial charge >= 0.3 is 0 Å². The number of thiophene rings is 1. The zero-order valence-corrected chi connectivity index (χ0v) is 21.3. The van der Waals surface area contributed by atoms with Gasteiger partial charge in [0.25, 0.3) is 0 Å². The van der Waals surface area contributed by atoms with Crippen LogP contribution in [0.4, 0.5) is 0 Å². The van der Waals surface area contributed by atoms with Crippen LogP contribution in [0.5, 0.6) is 0 Å². The minimum absolute atomic E-state index is 0. The van der Waals surface area contributed by atoms with E-state index in [1.165, 1.54) is 32.0 Å². The molecule has 2 heterocycles. The molecule has 0 unspecified atom stereocenters. The van der Waals surface area contributed by atoms with Crippen molar-refractivity contribution in [3.05, 3.63) is 94.2 Å². The lowest BCUT2D eigenvalue weighted by Crippen LogP contribution is -2.36. The van der Waals surface area contributed by atoms with Gasteiger partial charge in [-0.2, -0.15) is 5.10 Å². The van der Waals surface area contributed by atoms with Crippen molar-refractivity contribution in [2.45, 2.75) is 26.6 Å². The van der Waals surface area contributed by atoms with Crippen LogP contribution in [0.15, 0.2) is 78.3 Å². The summed E-state index contributed by atoms with van der Waals surface area (Å²) in [6.07, 6.45) is 3.29. The van der Waals surface area contributed by atoms with Gasteiger partial charge in [-0.25, -0.2) is 9.67 Å². The molecule has 0 fully saturated rings. The highest BCUT2D eigenvalue weighted by Gasteiger charge is 2.07. The Morgan fingerprint density at radius 3 is 2.47 bits per heavy atom. The van der Waals surface area contributed by atoms with Crippen LogP contribution < -0.4 is 10.6 Å². The average molecular weight is 558 g/mol. The number of hydrogen-bond donors (Lipinski definition) is 2. The lowest BCUT2D eigenvalue weighted by Gasteiger charge is -2.14. The summed E-state index contributed by atoms with van der Waals surface area (Å²) in [4.78, 5) is 11.0. The third-order valence-electron chi connectivity index (χ3n) is 4.99. The molecule has 0 amide bonds. The number of aromatic nitrogens is 3. The van der Waals surface area contributed by atoms with Crippen LogP contribution in [0.25, 0.3) is 11.1 Å². The molecule has 0 saturated heterocycles. The summed E-state index contributed by atoms with van der Waals surface area (Å²) in [5.74, 6) is 0.795. The number of aliphatic imine (C=N–C) groups is 1. The van der Waals surface area contributed by atoms with Crippen LogP contribution in [0.3, 0.4) is 0 Å². The molecule has 0 saturated carbocycles. The second-order valence-electron chi connectivity index (χ2n) is 7.24. The number of aryl methyl sites for hydroxylation is 1. The van der Waals surface area contributed by atoms with Crippen LogP contribution in [-0.2, 0) is 19.6 Å². The van der Waals surface area contributed by atoms with E-state index in [-0.39, 0.29) is 24.0 Å². The molecule has 0 radical (unpaired) electrons. The third kappa shape index (κ3) is 6.39. The number of halogens is 1. The summed E-state index contributed by atoms with van der Waals surface area (Å²) in [7, 11) is 1.80. The van der Waals surface area contributed by atoms with E-state index in [2.05, 4.69) is 93.3 Å². The van der Waals surface area contributed by atoms with Crippen molar-refractivity contribution in [2.24, 2.45) is 4.99 Å². The molecule has 4 aromatic rings. The van der Waals surface area contributed by atoms with E-state index in [0.29, 0.717) is 6.54 Å². The van der Waals surface area contributed by atoms with Crippen molar-refractivity contribution in [3.63, 3.8) is 0 Å². The summed E-state index contributed by atoms with van der Waals surface area (Å²) in [6, 6.07) is 21.4. The molecule has 0 atom stereocenters. The second kappa shape index (κ2) is 11.8. The fourth-order valence-electron chi connectivity index (χ4n) is 3.40. The molecule has 0 aliphatic carbocycles. The summed E-state index contributed by atoms with van der Waals surface area (Å²) in [5, 5.41) is 11.0. The molecule has 6 nitrogen and oxygen atoms in total. The van der Waals surface area contributed by atoms with E-state index in [0.717, 1.165) is 19.0 Å². The zero-order valence-electron chi connectivity index (χ0n) is 18.2. The molecule has 8 heteroatoms. The van der Waals surface area contributed by atoms with E-state index in [9.17, 15) is 0 Å². The Morgan fingerprint density at radius 1 is 1.00 bits per heavy atom. The number of rotatable bonds is 7. The van der Waals surface area contributed by atoms with Gasteiger partial charge in [0.1, 0.15) is 12.7 Å². The molecule has 2 aromatic carbocycles. The monoisotopic (exact) mass is 558 g/mol. The fraction of sp³-hybridized carbons (Fsp3) is 0.208. The SMILES string of the molecule is CN=C(NCc1ccc(C)s1)NCc1ccccc1-c1ccc(Cn2cncn2)cc1.I. The van der Waals surface area contributed by atoms with Crippen molar-refractivity contribution in [1.82, 2.24) is 25.4 Å². The number of benzene rings is 2. The maximum absolute atomic E-state index is 4.36. The highest BCUT2D eigenvalue weighted by molar-refractivity contribution is 14.0. The minimum Gasteiger partial charge on any atom is -0.352 e. The first-order valence-electron chi connectivity index (χ1n) is 10.2. The Hall–Kier alpha value is -2.72. The van der Waals surface area contributed by atoms with Gasteiger partial charge in [-0.1, -0.05) is 48.5 Å². The van der Waals surface area contributed by atoms with Gasteiger partial charge in [0, 0.05) is 23.3 Å². The summed E-state index contributed by atoms with van der Waals surface area (Å²) >= 11 is 1.80. The lowest BCUT2D eigenvalue weighted by atomic mass is 9.98. The number of hydrogen-bond acceptors (Lipinski definition) is 4. The first kappa shape index (κ1) is 23.9. The standard InChI is InChI=1S/C24H26N6S.HI/c1-18-7-12-22(31-18)14-28-24(25-2)27-13-21-5-3-4-6-23(21)20-10-8-19(9-11-20)15-30-17-26-16-29-30;/h3-12,16-17H,13-15H2,1-2H3,(H2,25,27,28);1H. The summed E-state index contributed by atoms with van der Waals surface area (Å²) in [5.41, 5.74) is 4.82. The van der Waals surface area contributed by atoms with Gasteiger partial charge in [-0.15, -0.1) is 35.3 Å². The molecule has 32 heavy (non-hydrogen) atoms. The van der Waals surface area contributed by atoms with Gasteiger partial charge in [0.05, 0.1) is 13.1 Å². The van der Waals surface area contributed by atoms with Gasteiger partial charge in [0.15, 0.2) is 5.96 Å². The quantitative estimate of drug-likeness (QED) is 0.194. The van der Waals surface area contributed by atoms with Crippen LogP contribution in [-0.4, -0.2) is 27.8 Å². The van der Waals surface area contributed by atoms with Gasteiger partial charge in [-0.3, -0.25) is 4.99 Å². The van der Waals surface area contributed by atoms with Crippen molar-refractivity contribution in [3.8, 4) is 11.1 Å². The zero-order chi connectivity index (χ0) is 21.5. The highest BCUT2D eigenvalue weighted by Crippen LogP contribution is 2.24. The predicted molar refractivity (Wildman–Crippen MR) is 143 cm³/mol. The first-order valence-corrected chi connectivity index (χ1v) is 11.0. The van der Waals surface area contributed by atoms with E-state index in [1.807, 2.05) is 4.68 Å². The van der Waals surface area contributed by atoms with Crippen molar-refractivity contribution >= 4 is 41.3 Å².